The molecule has 1 aliphatic carbocycles. The van der Waals surface area contributed by atoms with E-state index >= 15 is 0 Å². The number of halogens is 2. The minimum absolute atomic E-state index is 0.246. The third kappa shape index (κ3) is 3.54. The Morgan fingerprint density at radius 2 is 1.95 bits per heavy atom. The van der Waals surface area contributed by atoms with Gasteiger partial charge in [-0.15, -0.1) is 0 Å². The number of hydrogen-bond donors (Lipinski definition) is 2. The minimum Gasteiger partial charge on any atom is -0.356 e. The molecule has 0 heterocycles. The van der Waals surface area contributed by atoms with Crippen LogP contribution in [0.25, 0.3) is 0 Å². The molecule has 0 aromatic heterocycles. The number of rotatable bonds is 2. The fourth-order valence-electron chi connectivity index (χ4n) is 2.81. The first kappa shape index (κ1) is 15.6. The van der Waals surface area contributed by atoms with E-state index in [1.807, 2.05) is 6.07 Å². The molecular weight excluding hydrogens is 335 g/mol. The van der Waals surface area contributed by atoms with E-state index in [1.165, 1.54) is 17.5 Å². The van der Waals surface area contributed by atoms with E-state index in [9.17, 15) is 0 Å². The Balaban J connectivity index is 1.70. The lowest BCUT2D eigenvalue weighted by Crippen LogP contribution is -2.34. The molecule has 0 radical (unpaired) electrons. The molecule has 2 N–H and O–H groups in total. The van der Waals surface area contributed by atoms with Crippen molar-refractivity contribution in [2.75, 3.05) is 5.32 Å². The van der Waals surface area contributed by atoms with Gasteiger partial charge in [0.05, 0.1) is 16.8 Å². The largest absolute Gasteiger partial charge is 0.356 e. The number of benzene rings is 2. The van der Waals surface area contributed by atoms with Gasteiger partial charge in [0.25, 0.3) is 0 Å². The van der Waals surface area contributed by atoms with Crippen molar-refractivity contribution in [2.24, 2.45) is 0 Å². The lowest BCUT2D eigenvalue weighted by atomic mass is 9.88. The Morgan fingerprint density at radius 1 is 1.14 bits per heavy atom. The van der Waals surface area contributed by atoms with Crippen LogP contribution in [-0.2, 0) is 6.42 Å². The zero-order chi connectivity index (χ0) is 15.5. The summed E-state index contributed by atoms with van der Waals surface area (Å²) in [6.07, 6.45) is 3.38. The van der Waals surface area contributed by atoms with Crippen molar-refractivity contribution in [3.63, 3.8) is 0 Å². The predicted molar refractivity (Wildman–Crippen MR) is 97.9 cm³/mol. The topological polar surface area (TPSA) is 24.1 Å². The van der Waals surface area contributed by atoms with Gasteiger partial charge >= 0.3 is 0 Å². The van der Waals surface area contributed by atoms with E-state index in [-0.39, 0.29) is 6.04 Å². The zero-order valence-electron chi connectivity index (χ0n) is 11.9. The quantitative estimate of drug-likeness (QED) is 0.713. The normalized spacial score (nSPS) is 16.7. The lowest BCUT2D eigenvalue weighted by Gasteiger charge is -2.27. The van der Waals surface area contributed by atoms with Crippen molar-refractivity contribution >= 4 is 46.2 Å². The fourth-order valence-corrected chi connectivity index (χ4v) is 3.52. The highest BCUT2D eigenvalue weighted by Gasteiger charge is 2.20. The minimum atomic E-state index is 0.246. The second-order valence-corrected chi connectivity index (χ2v) is 6.62. The number of anilines is 1. The molecule has 0 saturated carbocycles. The Bertz CT molecular complexity index is 703. The summed E-state index contributed by atoms with van der Waals surface area (Å²) < 4.78 is 0. The van der Waals surface area contributed by atoms with Crippen LogP contribution in [0.2, 0.25) is 10.0 Å². The van der Waals surface area contributed by atoms with Crippen LogP contribution in [0.4, 0.5) is 5.69 Å². The number of aryl methyl sites for hydroxylation is 1. The summed E-state index contributed by atoms with van der Waals surface area (Å²) in [5, 5.41) is 8.28. The molecular formula is C17H16Cl2N2S. The zero-order valence-corrected chi connectivity index (χ0v) is 14.2. The van der Waals surface area contributed by atoms with Crippen molar-refractivity contribution in [2.45, 2.75) is 25.3 Å². The predicted octanol–water partition coefficient (Wildman–Crippen LogP) is 5.36. The van der Waals surface area contributed by atoms with Gasteiger partial charge in [0.15, 0.2) is 5.11 Å². The second kappa shape index (κ2) is 6.86. The molecule has 114 valence electrons. The van der Waals surface area contributed by atoms with Gasteiger partial charge in [-0.3, -0.25) is 0 Å². The van der Waals surface area contributed by atoms with Crippen molar-refractivity contribution in [3.8, 4) is 0 Å². The van der Waals surface area contributed by atoms with Crippen molar-refractivity contribution < 1.29 is 0 Å². The number of thiocarbonyl (C=S) groups is 1. The van der Waals surface area contributed by atoms with Gasteiger partial charge in [0.1, 0.15) is 0 Å². The molecule has 1 aliphatic rings. The average Bonchev–Trinajstić information content (AvgIpc) is 2.50. The summed E-state index contributed by atoms with van der Waals surface area (Å²) in [6, 6.07) is 14.1. The van der Waals surface area contributed by atoms with Crippen LogP contribution >= 0.6 is 35.4 Å². The molecule has 2 aromatic rings. The van der Waals surface area contributed by atoms with Crippen LogP contribution in [0.15, 0.2) is 42.5 Å². The van der Waals surface area contributed by atoms with Crippen LogP contribution < -0.4 is 10.6 Å². The maximum Gasteiger partial charge on any atom is 0.171 e. The average molecular weight is 351 g/mol. The van der Waals surface area contributed by atoms with Crippen molar-refractivity contribution in [1.82, 2.24) is 5.32 Å². The first-order valence-corrected chi connectivity index (χ1v) is 8.40. The fraction of sp³-hybridized carbons (Fsp3) is 0.235. The molecule has 22 heavy (non-hydrogen) atoms. The Morgan fingerprint density at radius 3 is 2.77 bits per heavy atom. The highest BCUT2D eigenvalue weighted by molar-refractivity contribution is 7.80. The number of fused-ring (bicyclic) bond motifs is 1. The van der Waals surface area contributed by atoms with Gasteiger partial charge in [-0.05, 0) is 60.8 Å². The summed E-state index contributed by atoms with van der Waals surface area (Å²) in [5.74, 6) is 0. The van der Waals surface area contributed by atoms with Gasteiger partial charge in [-0.1, -0.05) is 47.5 Å². The van der Waals surface area contributed by atoms with Gasteiger partial charge in [-0.2, -0.15) is 0 Å². The summed E-state index contributed by atoms with van der Waals surface area (Å²) >= 11 is 17.5. The SMILES string of the molecule is S=C(Nc1ccc(Cl)cc1Cl)NC1CCCc2ccccc21. The third-order valence-corrected chi connectivity index (χ3v) is 4.62. The lowest BCUT2D eigenvalue weighted by molar-refractivity contribution is 0.529. The number of nitrogens with one attached hydrogen (secondary N) is 2. The standard InChI is InChI=1S/C17H16Cl2N2S/c18-12-8-9-16(14(19)10-12)21-17(22)20-15-7-3-5-11-4-1-2-6-13(11)15/h1-2,4,6,8-10,15H,3,5,7H2,(H2,20,21,22). The second-order valence-electron chi connectivity index (χ2n) is 5.37. The summed E-state index contributed by atoms with van der Waals surface area (Å²) in [5.41, 5.74) is 3.49. The highest BCUT2D eigenvalue weighted by atomic mass is 35.5. The van der Waals surface area contributed by atoms with Crippen LogP contribution in [-0.4, -0.2) is 5.11 Å². The van der Waals surface area contributed by atoms with Crippen LogP contribution in [0.5, 0.6) is 0 Å². The molecule has 3 rings (SSSR count). The molecule has 0 amide bonds. The molecule has 0 aliphatic heterocycles. The van der Waals surface area contributed by atoms with Crippen molar-refractivity contribution in [1.29, 1.82) is 0 Å². The van der Waals surface area contributed by atoms with E-state index in [1.54, 1.807) is 12.1 Å². The molecule has 0 saturated heterocycles. The molecule has 1 unspecified atom stereocenters. The first-order valence-electron chi connectivity index (χ1n) is 7.24. The summed E-state index contributed by atoms with van der Waals surface area (Å²) in [6.45, 7) is 0. The van der Waals surface area contributed by atoms with E-state index in [4.69, 9.17) is 35.4 Å². The van der Waals surface area contributed by atoms with Gasteiger partial charge < -0.3 is 10.6 Å². The van der Waals surface area contributed by atoms with E-state index in [0.29, 0.717) is 15.2 Å². The Kier molecular flexibility index (Phi) is 4.87. The van der Waals surface area contributed by atoms with Gasteiger partial charge in [0.2, 0.25) is 0 Å². The van der Waals surface area contributed by atoms with Crippen LogP contribution in [0.1, 0.15) is 30.0 Å². The molecule has 0 bridgehead atoms. The van der Waals surface area contributed by atoms with Crippen LogP contribution in [0.3, 0.4) is 0 Å². The van der Waals surface area contributed by atoms with E-state index in [2.05, 4.69) is 34.9 Å². The smallest absolute Gasteiger partial charge is 0.171 e. The first-order chi connectivity index (χ1) is 10.6. The Labute approximate surface area is 145 Å². The highest BCUT2D eigenvalue weighted by Crippen LogP contribution is 2.30. The molecule has 5 heteroatoms. The van der Waals surface area contributed by atoms with Gasteiger partial charge in [0, 0.05) is 5.02 Å². The Hall–Kier alpha value is -1.29. The van der Waals surface area contributed by atoms with E-state index < -0.39 is 0 Å². The molecule has 1 atom stereocenters. The molecule has 0 spiro atoms. The number of hydrogen-bond acceptors (Lipinski definition) is 1. The van der Waals surface area contributed by atoms with Crippen molar-refractivity contribution in [3.05, 3.63) is 63.6 Å². The molecule has 0 fully saturated rings. The third-order valence-electron chi connectivity index (χ3n) is 3.85. The summed E-state index contributed by atoms with van der Waals surface area (Å²) in [4.78, 5) is 0. The van der Waals surface area contributed by atoms with Gasteiger partial charge in [-0.25, -0.2) is 0 Å². The van der Waals surface area contributed by atoms with Crippen LogP contribution in [0, 0.1) is 0 Å². The molecule has 2 aromatic carbocycles. The molecule has 2 nitrogen and oxygen atoms in total. The van der Waals surface area contributed by atoms with E-state index in [0.717, 1.165) is 18.5 Å². The summed E-state index contributed by atoms with van der Waals surface area (Å²) in [7, 11) is 0. The monoisotopic (exact) mass is 350 g/mol. The maximum absolute atomic E-state index is 6.16. The maximum atomic E-state index is 6.16.